The van der Waals surface area contributed by atoms with Gasteiger partial charge < -0.3 is 0 Å². The Hall–Kier alpha value is 0.490. The second-order valence-corrected chi connectivity index (χ2v) is 5.22. The Bertz CT molecular complexity index is 203. The molecule has 6 heteroatoms. The highest BCUT2D eigenvalue weighted by atomic mass is 35.7. The molecule has 0 radical (unpaired) electrons. The van der Waals surface area contributed by atoms with Gasteiger partial charge in [0.15, 0.2) is 0 Å². The van der Waals surface area contributed by atoms with Crippen molar-refractivity contribution in [2.45, 2.75) is 25.8 Å². The third-order valence-corrected chi connectivity index (χ3v) is 3.06. The lowest BCUT2D eigenvalue weighted by atomic mass is 10.5. The monoisotopic (exact) mass is 219 g/mol. The molecule has 0 aliphatic heterocycles. The predicted molar refractivity (Wildman–Crippen MR) is 47.1 cm³/mol. The molecule has 11 heavy (non-hydrogen) atoms. The van der Waals surface area contributed by atoms with Gasteiger partial charge in [0.05, 0.1) is 5.50 Å². The van der Waals surface area contributed by atoms with Crippen LogP contribution in [0.3, 0.4) is 0 Å². The Kier molecular flexibility index (Phi) is 4.70. The van der Waals surface area contributed by atoms with Crippen molar-refractivity contribution in [2.24, 2.45) is 0 Å². The number of hydrogen-bond donors (Lipinski definition) is 0. The minimum absolute atomic E-state index is 0.358. The van der Waals surface area contributed by atoms with E-state index in [9.17, 15) is 8.42 Å². The van der Waals surface area contributed by atoms with Crippen LogP contribution in [0.15, 0.2) is 0 Å². The fraction of sp³-hybridized carbons (Fsp3) is 1.00. The first-order valence-corrected chi connectivity index (χ1v) is 5.95. The van der Waals surface area contributed by atoms with Crippen molar-refractivity contribution in [2.75, 3.05) is 6.54 Å². The molecule has 0 fully saturated rings. The number of rotatable bonds is 4. The van der Waals surface area contributed by atoms with Crippen LogP contribution in [0.1, 0.15) is 20.3 Å². The maximum absolute atomic E-state index is 10.8. The quantitative estimate of drug-likeness (QED) is 0.411. The van der Waals surface area contributed by atoms with Crippen molar-refractivity contribution >= 4 is 31.5 Å². The van der Waals surface area contributed by atoms with Gasteiger partial charge >= 0.3 is 9.24 Å². The van der Waals surface area contributed by atoms with E-state index in [0.717, 1.165) is 4.31 Å². The number of hydrogen-bond acceptors (Lipinski definition) is 2. The molecule has 0 saturated heterocycles. The van der Waals surface area contributed by atoms with Crippen molar-refractivity contribution in [1.29, 1.82) is 0 Å². The van der Waals surface area contributed by atoms with Gasteiger partial charge in [-0.3, -0.25) is 0 Å². The standard InChI is InChI=1S/C5H11Cl2NO2S/c1-3-4-8(5(2)6)11(7,9)10/h5H,3-4H2,1-2H3. The van der Waals surface area contributed by atoms with Gasteiger partial charge in [0, 0.05) is 17.2 Å². The molecule has 0 aromatic heterocycles. The summed E-state index contributed by atoms with van der Waals surface area (Å²) in [5.74, 6) is 0. The molecule has 0 spiro atoms. The van der Waals surface area contributed by atoms with Crippen LogP contribution in [0.4, 0.5) is 0 Å². The highest BCUT2D eigenvalue weighted by Crippen LogP contribution is 2.14. The van der Waals surface area contributed by atoms with E-state index in [4.69, 9.17) is 22.3 Å². The molecule has 0 aromatic carbocycles. The number of alkyl halides is 1. The van der Waals surface area contributed by atoms with Crippen molar-refractivity contribution in [1.82, 2.24) is 4.31 Å². The summed E-state index contributed by atoms with van der Waals surface area (Å²) in [6.07, 6.45) is 0.697. The van der Waals surface area contributed by atoms with Crippen LogP contribution in [-0.4, -0.2) is 24.8 Å². The predicted octanol–water partition coefficient (Wildman–Crippen LogP) is 1.77. The SMILES string of the molecule is CCCN(C(C)Cl)S(=O)(=O)Cl. The van der Waals surface area contributed by atoms with Crippen LogP contribution in [-0.2, 0) is 9.24 Å². The van der Waals surface area contributed by atoms with E-state index in [2.05, 4.69) is 0 Å². The molecule has 0 bridgehead atoms. The largest absolute Gasteiger partial charge is 0.301 e. The maximum Gasteiger partial charge on any atom is 0.301 e. The first kappa shape index (κ1) is 11.5. The molecule has 3 nitrogen and oxygen atoms in total. The Morgan fingerprint density at radius 1 is 1.55 bits per heavy atom. The lowest BCUT2D eigenvalue weighted by Crippen LogP contribution is -2.32. The van der Waals surface area contributed by atoms with E-state index in [-0.39, 0.29) is 0 Å². The third-order valence-electron chi connectivity index (χ3n) is 1.12. The fourth-order valence-corrected chi connectivity index (χ4v) is 2.53. The average Bonchev–Trinajstić information content (AvgIpc) is 1.79. The molecular weight excluding hydrogens is 209 g/mol. The van der Waals surface area contributed by atoms with Crippen molar-refractivity contribution in [3.63, 3.8) is 0 Å². The van der Waals surface area contributed by atoms with E-state index in [0.29, 0.717) is 13.0 Å². The smallest absolute Gasteiger partial charge is 0.195 e. The molecule has 0 aliphatic carbocycles. The van der Waals surface area contributed by atoms with Crippen LogP contribution >= 0.6 is 22.3 Å². The summed E-state index contributed by atoms with van der Waals surface area (Å²) in [6, 6.07) is 0. The summed E-state index contributed by atoms with van der Waals surface area (Å²) in [5, 5.41) is 0. The van der Waals surface area contributed by atoms with Crippen molar-refractivity contribution < 1.29 is 8.42 Å². The molecule has 0 amide bonds. The second kappa shape index (κ2) is 4.50. The summed E-state index contributed by atoms with van der Waals surface area (Å²) in [6.45, 7) is 3.78. The van der Waals surface area contributed by atoms with E-state index < -0.39 is 14.7 Å². The molecule has 1 unspecified atom stereocenters. The first-order valence-electron chi connectivity index (χ1n) is 3.25. The zero-order valence-corrected chi connectivity index (χ0v) is 8.75. The summed E-state index contributed by atoms with van der Waals surface area (Å²) < 4.78 is 22.6. The molecule has 0 rings (SSSR count). The summed E-state index contributed by atoms with van der Waals surface area (Å²) in [5.41, 5.74) is -0.586. The highest BCUT2D eigenvalue weighted by molar-refractivity contribution is 8.11. The molecule has 0 heterocycles. The molecule has 68 valence electrons. The van der Waals surface area contributed by atoms with Crippen LogP contribution in [0, 0.1) is 0 Å². The molecule has 0 saturated carbocycles. The lowest BCUT2D eigenvalue weighted by Gasteiger charge is -2.19. The Morgan fingerprint density at radius 3 is 2.09 bits per heavy atom. The Morgan fingerprint density at radius 2 is 2.00 bits per heavy atom. The summed E-state index contributed by atoms with van der Waals surface area (Å²) >= 11 is 5.57. The normalized spacial score (nSPS) is 15.4. The van der Waals surface area contributed by atoms with Gasteiger partial charge in [-0.15, -0.1) is 11.6 Å². The topological polar surface area (TPSA) is 37.4 Å². The number of nitrogens with zero attached hydrogens (tertiary/aromatic N) is 1. The zero-order chi connectivity index (χ0) is 9.07. The molecule has 1 atom stereocenters. The highest BCUT2D eigenvalue weighted by Gasteiger charge is 2.22. The minimum Gasteiger partial charge on any atom is -0.195 e. The summed E-state index contributed by atoms with van der Waals surface area (Å²) in [7, 11) is 1.43. The van der Waals surface area contributed by atoms with Crippen LogP contribution in [0.25, 0.3) is 0 Å². The average molecular weight is 220 g/mol. The van der Waals surface area contributed by atoms with E-state index in [1.165, 1.54) is 0 Å². The van der Waals surface area contributed by atoms with Crippen molar-refractivity contribution in [3.05, 3.63) is 0 Å². The number of halogens is 2. The van der Waals surface area contributed by atoms with Gasteiger partial charge in [0.2, 0.25) is 0 Å². The van der Waals surface area contributed by atoms with Crippen molar-refractivity contribution in [3.8, 4) is 0 Å². The van der Waals surface area contributed by atoms with Gasteiger partial charge in [-0.25, -0.2) is 0 Å². The van der Waals surface area contributed by atoms with Gasteiger partial charge in [0.1, 0.15) is 0 Å². The lowest BCUT2D eigenvalue weighted by molar-refractivity contribution is 0.411. The van der Waals surface area contributed by atoms with E-state index in [1.807, 2.05) is 6.92 Å². The fourth-order valence-electron chi connectivity index (χ4n) is 0.681. The van der Waals surface area contributed by atoms with Gasteiger partial charge in [0.25, 0.3) is 0 Å². The molecule has 0 aromatic rings. The second-order valence-electron chi connectivity index (χ2n) is 2.13. The summed E-state index contributed by atoms with van der Waals surface area (Å²) in [4.78, 5) is 0. The van der Waals surface area contributed by atoms with Crippen LogP contribution in [0.5, 0.6) is 0 Å². The van der Waals surface area contributed by atoms with Crippen LogP contribution in [0.2, 0.25) is 0 Å². The zero-order valence-electron chi connectivity index (χ0n) is 6.42. The molecule has 0 N–H and O–H groups in total. The Balaban J connectivity index is 4.36. The molecule has 0 aliphatic rings. The Labute approximate surface area is 76.8 Å². The first-order chi connectivity index (χ1) is 4.89. The van der Waals surface area contributed by atoms with E-state index in [1.54, 1.807) is 6.92 Å². The van der Waals surface area contributed by atoms with Gasteiger partial charge in [-0.05, 0) is 13.3 Å². The van der Waals surface area contributed by atoms with Gasteiger partial charge in [-0.2, -0.15) is 12.7 Å². The van der Waals surface area contributed by atoms with Crippen LogP contribution < -0.4 is 0 Å². The minimum atomic E-state index is -3.65. The van der Waals surface area contributed by atoms with E-state index >= 15 is 0 Å². The maximum atomic E-state index is 10.8. The molecular formula is C5H11Cl2NO2S. The third kappa shape index (κ3) is 4.15. The van der Waals surface area contributed by atoms with Gasteiger partial charge in [-0.1, -0.05) is 6.92 Å².